The predicted octanol–water partition coefficient (Wildman–Crippen LogP) is 5.04. The summed E-state index contributed by atoms with van der Waals surface area (Å²) in [5.41, 5.74) is 0.526. The monoisotopic (exact) mass is 416 g/mol. The predicted molar refractivity (Wildman–Crippen MR) is 108 cm³/mol. The number of benzene rings is 2. The number of aromatic nitrogens is 2. The van der Waals surface area contributed by atoms with Crippen molar-refractivity contribution in [1.82, 2.24) is 9.78 Å². The lowest BCUT2D eigenvalue weighted by Gasteiger charge is -2.14. The quantitative estimate of drug-likeness (QED) is 0.517. The summed E-state index contributed by atoms with van der Waals surface area (Å²) >= 11 is 0. The maximum Gasteiger partial charge on any atom is 0.416 e. The van der Waals surface area contributed by atoms with Crippen molar-refractivity contribution in [2.24, 2.45) is 0 Å². The minimum Gasteiger partial charge on any atom is -0.483 e. The number of alkyl halides is 3. The Morgan fingerprint density at radius 3 is 2.40 bits per heavy atom. The van der Waals surface area contributed by atoms with Gasteiger partial charge in [-0.1, -0.05) is 61.9 Å². The van der Waals surface area contributed by atoms with Gasteiger partial charge in [0.2, 0.25) is 5.43 Å². The van der Waals surface area contributed by atoms with E-state index in [1.54, 1.807) is 6.07 Å². The molecule has 2 aromatic carbocycles. The third kappa shape index (κ3) is 5.49. The molecule has 0 saturated carbocycles. The summed E-state index contributed by atoms with van der Waals surface area (Å²) in [6.45, 7) is 2.36. The fourth-order valence-electron chi connectivity index (χ4n) is 3.17. The van der Waals surface area contributed by atoms with Crippen LogP contribution in [-0.4, -0.2) is 9.78 Å². The van der Waals surface area contributed by atoms with Gasteiger partial charge in [-0.05, 0) is 30.0 Å². The molecule has 0 aliphatic heterocycles. The highest BCUT2D eigenvalue weighted by atomic mass is 19.4. The van der Waals surface area contributed by atoms with Gasteiger partial charge in [0.1, 0.15) is 12.3 Å². The van der Waals surface area contributed by atoms with E-state index in [1.165, 1.54) is 23.0 Å². The molecule has 0 unspecified atom stereocenters. The van der Waals surface area contributed by atoms with E-state index in [0.717, 1.165) is 18.1 Å². The zero-order valence-corrected chi connectivity index (χ0v) is 16.7. The van der Waals surface area contributed by atoms with Crippen LogP contribution in [0.5, 0.6) is 5.75 Å². The summed E-state index contributed by atoms with van der Waals surface area (Å²) in [7, 11) is 0. The molecule has 1 heterocycles. The average Bonchev–Trinajstić information content (AvgIpc) is 2.73. The highest BCUT2D eigenvalue weighted by molar-refractivity contribution is 5.30. The SMILES string of the molecule is CCCc1nn(CCc2ccccc2C(F)(F)F)cc(OCc2ccccc2)c1=O. The molecule has 0 bridgehead atoms. The third-order valence-electron chi connectivity index (χ3n) is 4.66. The first kappa shape index (κ1) is 21.6. The maximum absolute atomic E-state index is 13.2. The number of halogens is 3. The summed E-state index contributed by atoms with van der Waals surface area (Å²) in [6.07, 6.45) is -1.61. The van der Waals surface area contributed by atoms with Crippen LogP contribution in [0.1, 0.15) is 35.7 Å². The molecule has 3 rings (SSSR count). The Hall–Kier alpha value is -3.09. The lowest BCUT2D eigenvalue weighted by molar-refractivity contribution is -0.138. The Bertz CT molecular complexity index is 1030. The van der Waals surface area contributed by atoms with Crippen LogP contribution in [0, 0.1) is 0 Å². The van der Waals surface area contributed by atoms with Gasteiger partial charge >= 0.3 is 6.18 Å². The fourth-order valence-corrected chi connectivity index (χ4v) is 3.17. The fraction of sp³-hybridized carbons (Fsp3) is 0.304. The van der Waals surface area contributed by atoms with E-state index in [9.17, 15) is 18.0 Å². The molecule has 7 heteroatoms. The van der Waals surface area contributed by atoms with Gasteiger partial charge in [0.15, 0.2) is 5.75 Å². The first-order valence-corrected chi connectivity index (χ1v) is 9.81. The van der Waals surface area contributed by atoms with Gasteiger partial charge in [0.05, 0.1) is 11.8 Å². The first-order chi connectivity index (χ1) is 14.4. The Balaban J connectivity index is 1.83. The molecule has 0 saturated heterocycles. The molecule has 0 aliphatic rings. The first-order valence-electron chi connectivity index (χ1n) is 9.81. The lowest BCUT2D eigenvalue weighted by atomic mass is 10.0. The largest absolute Gasteiger partial charge is 0.483 e. The molecule has 4 nitrogen and oxygen atoms in total. The minimum atomic E-state index is -4.41. The Kier molecular flexibility index (Phi) is 6.92. The van der Waals surface area contributed by atoms with Crippen molar-refractivity contribution in [3.63, 3.8) is 0 Å². The zero-order chi connectivity index (χ0) is 21.6. The molecule has 158 valence electrons. The summed E-state index contributed by atoms with van der Waals surface area (Å²) < 4.78 is 46.9. The number of hydrogen-bond acceptors (Lipinski definition) is 3. The van der Waals surface area contributed by atoms with Crippen LogP contribution in [0.15, 0.2) is 65.6 Å². The Morgan fingerprint density at radius 1 is 1.00 bits per heavy atom. The second-order valence-corrected chi connectivity index (χ2v) is 6.96. The van der Waals surface area contributed by atoms with E-state index in [2.05, 4.69) is 5.10 Å². The molecule has 0 radical (unpaired) electrons. The van der Waals surface area contributed by atoms with E-state index < -0.39 is 11.7 Å². The number of nitrogens with zero attached hydrogens (tertiary/aromatic N) is 2. The molecular weight excluding hydrogens is 393 g/mol. The van der Waals surface area contributed by atoms with Gasteiger partial charge in [-0.15, -0.1) is 0 Å². The molecule has 0 aliphatic carbocycles. The van der Waals surface area contributed by atoms with Crippen molar-refractivity contribution in [1.29, 1.82) is 0 Å². The van der Waals surface area contributed by atoms with E-state index in [4.69, 9.17) is 4.74 Å². The van der Waals surface area contributed by atoms with E-state index in [-0.39, 0.29) is 36.3 Å². The highest BCUT2D eigenvalue weighted by Gasteiger charge is 2.32. The minimum absolute atomic E-state index is 0.134. The van der Waals surface area contributed by atoms with Crippen LogP contribution in [0.2, 0.25) is 0 Å². The molecule has 1 aromatic heterocycles. The number of rotatable bonds is 8. The van der Waals surface area contributed by atoms with Gasteiger partial charge in [0.25, 0.3) is 0 Å². The van der Waals surface area contributed by atoms with Gasteiger partial charge in [-0.2, -0.15) is 18.3 Å². The van der Waals surface area contributed by atoms with Crippen molar-refractivity contribution < 1.29 is 17.9 Å². The molecule has 0 amide bonds. The van der Waals surface area contributed by atoms with E-state index >= 15 is 0 Å². The normalized spacial score (nSPS) is 11.5. The zero-order valence-electron chi connectivity index (χ0n) is 16.7. The van der Waals surface area contributed by atoms with Crippen LogP contribution in [0.25, 0.3) is 0 Å². The van der Waals surface area contributed by atoms with E-state index in [1.807, 2.05) is 37.3 Å². The van der Waals surface area contributed by atoms with Gasteiger partial charge < -0.3 is 4.74 Å². The molecule has 0 fully saturated rings. The standard InChI is InChI=1S/C23H23F3N2O2/c1-2-8-20-22(29)21(30-16-17-9-4-3-5-10-17)15-28(27-20)14-13-18-11-6-7-12-19(18)23(24,25)26/h3-7,9-12,15H,2,8,13-14,16H2,1H3. The Labute approximate surface area is 172 Å². The molecule has 0 atom stereocenters. The second kappa shape index (κ2) is 9.61. The average molecular weight is 416 g/mol. The van der Waals surface area contributed by atoms with Crippen LogP contribution in [0.4, 0.5) is 13.2 Å². The lowest BCUT2D eigenvalue weighted by Crippen LogP contribution is -2.21. The molecule has 30 heavy (non-hydrogen) atoms. The molecule has 0 spiro atoms. The van der Waals surface area contributed by atoms with Crippen LogP contribution in [-0.2, 0) is 32.2 Å². The molecule has 0 N–H and O–H groups in total. The third-order valence-corrected chi connectivity index (χ3v) is 4.66. The highest BCUT2D eigenvalue weighted by Crippen LogP contribution is 2.32. The summed E-state index contributed by atoms with van der Waals surface area (Å²) in [4.78, 5) is 12.6. The summed E-state index contributed by atoms with van der Waals surface area (Å²) in [5.74, 6) is 0.154. The number of hydrogen-bond donors (Lipinski definition) is 0. The summed E-state index contributed by atoms with van der Waals surface area (Å²) in [5, 5.41) is 4.33. The summed E-state index contributed by atoms with van der Waals surface area (Å²) in [6, 6.07) is 14.9. The maximum atomic E-state index is 13.2. The van der Waals surface area contributed by atoms with Crippen molar-refractivity contribution in [2.45, 2.75) is 45.5 Å². The van der Waals surface area contributed by atoms with Gasteiger partial charge in [0, 0.05) is 6.54 Å². The van der Waals surface area contributed by atoms with Crippen molar-refractivity contribution in [3.8, 4) is 5.75 Å². The smallest absolute Gasteiger partial charge is 0.416 e. The van der Waals surface area contributed by atoms with Crippen LogP contribution in [0.3, 0.4) is 0 Å². The molecular formula is C23H23F3N2O2. The van der Waals surface area contributed by atoms with Crippen LogP contribution >= 0.6 is 0 Å². The van der Waals surface area contributed by atoms with E-state index in [0.29, 0.717) is 12.1 Å². The second-order valence-electron chi connectivity index (χ2n) is 6.96. The Morgan fingerprint density at radius 2 is 1.70 bits per heavy atom. The van der Waals surface area contributed by atoms with Crippen LogP contribution < -0.4 is 10.2 Å². The van der Waals surface area contributed by atoms with Crippen molar-refractivity contribution >= 4 is 0 Å². The van der Waals surface area contributed by atoms with Gasteiger partial charge in [-0.3, -0.25) is 9.48 Å². The van der Waals surface area contributed by atoms with Gasteiger partial charge in [-0.25, -0.2) is 0 Å². The topological polar surface area (TPSA) is 44.1 Å². The van der Waals surface area contributed by atoms with Crippen molar-refractivity contribution in [3.05, 3.63) is 93.4 Å². The number of aryl methyl sites for hydroxylation is 3. The number of ether oxygens (including phenoxy) is 1. The molecule has 3 aromatic rings. The van der Waals surface area contributed by atoms with Crippen molar-refractivity contribution in [2.75, 3.05) is 0 Å².